The zero-order valence-corrected chi connectivity index (χ0v) is 12.5. The fourth-order valence-corrected chi connectivity index (χ4v) is 4.57. The van der Waals surface area contributed by atoms with Crippen LogP contribution in [-0.4, -0.2) is 46.7 Å². The Hall–Kier alpha value is -0.130. The largest absolute Gasteiger partial charge is 0.385 e. The van der Waals surface area contributed by atoms with Gasteiger partial charge in [0.1, 0.15) is 0 Å². The van der Waals surface area contributed by atoms with Crippen molar-refractivity contribution in [2.45, 2.75) is 32.6 Å². The van der Waals surface area contributed by atoms with E-state index in [-0.39, 0.29) is 0 Å². The highest BCUT2D eigenvalue weighted by Crippen LogP contribution is 2.28. The summed E-state index contributed by atoms with van der Waals surface area (Å²) >= 11 is 0. The quantitative estimate of drug-likeness (QED) is 0.648. The summed E-state index contributed by atoms with van der Waals surface area (Å²) in [5.74, 6) is 1.59. The third-order valence-corrected chi connectivity index (χ3v) is 5.48. The molecule has 0 aromatic heterocycles. The van der Waals surface area contributed by atoms with Crippen LogP contribution in [0.3, 0.4) is 0 Å². The second kappa shape index (κ2) is 8.12. The number of methoxy groups -OCH3 is 1. The summed E-state index contributed by atoms with van der Waals surface area (Å²) in [5, 5.41) is 3.43. The SMILES string of the molecule is CCCNCC(CCCOC)C1CCS(=O)(=O)C1. The monoisotopic (exact) mass is 277 g/mol. The molecule has 1 rings (SSSR count). The van der Waals surface area contributed by atoms with E-state index < -0.39 is 9.84 Å². The lowest BCUT2D eigenvalue weighted by molar-refractivity contribution is 0.180. The minimum atomic E-state index is -2.76. The number of rotatable bonds is 9. The van der Waals surface area contributed by atoms with Crippen LogP contribution in [0, 0.1) is 11.8 Å². The fraction of sp³-hybridized carbons (Fsp3) is 1.00. The standard InChI is InChI=1S/C13H27NO3S/c1-3-7-14-10-12(5-4-8-17-2)13-6-9-18(15,16)11-13/h12-14H,3-11H2,1-2H3. The number of nitrogens with one attached hydrogen (secondary N) is 1. The molecule has 18 heavy (non-hydrogen) atoms. The molecule has 0 aromatic rings. The lowest BCUT2D eigenvalue weighted by atomic mass is 9.88. The van der Waals surface area contributed by atoms with E-state index in [0.717, 1.165) is 45.4 Å². The first-order chi connectivity index (χ1) is 8.59. The highest BCUT2D eigenvalue weighted by atomic mass is 32.2. The van der Waals surface area contributed by atoms with Gasteiger partial charge in [-0.1, -0.05) is 6.92 Å². The molecule has 1 N–H and O–H groups in total. The Labute approximate surface area is 111 Å². The van der Waals surface area contributed by atoms with E-state index >= 15 is 0 Å². The molecule has 0 bridgehead atoms. The zero-order valence-electron chi connectivity index (χ0n) is 11.7. The molecule has 0 aromatic carbocycles. The smallest absolute Gasteiger partial charge is 0.150 e. The van der Waals surface area contributed by atoms with Gasteiger partial charge in [0.15, 0.2) is 9.84 Å². The molecule has 4 nitrogen and oxygen atoms in total. The van der Waals surface area contributed by atoms with Crippen molar-refractivity contribution in [3.05, 3.63) is 0 Å². The van der Waals surface area contributed by atoms with Crippen molar-refractivity contribution in [3.8, 4) is 0 Å². The maximum atomic E-state index is 11.6. The minimum Gasteiger partial charge on any atom is -0.385 e. The van der Waals surface area contributed by atoms with Crippen LogP contribution in [0.1, 0.15) is 32.6 Å². The van der Waals surface area contributed by atoms with Crippen LogP contribution in [0.4, 0.5) is 0 Å². The van der Waals surface area contributed by atoms with E-state index in [9.17, 15) is 8.42 Å². The highest BCUT2D eigenvalue weighted by Gasteiger charge is 2.33. The first kappa shape index (κ1) is 15.9. The van der Waals surface area contributed by atoms with Gasteiger partial charge in [0.2, 0.25) is 0 Å². The van der Waals surface area contributed by atoms with Gasteiger partial charge in [0.25, 0.3) is 0 Å². The molecule has 0 spiro atoms. The summed E-state index contributed by atoms with van der Waals surface area (Å²) in [5.41, 5.74) is 0. The third kappa shape index (κ3) is 5.67. The predicted molar refractivity (Wildman–Crippen MR) is 74.5 cm³/mol. The highest BCUT2D eigenvalue weighted by molar-refractivity contribution is 7.91. The average Bonchev–Trinajstić information content (AvgIpc) is 2.68. The molecule has 108 valence electrons. The number of ether oxygens (including phenoxy) is 1. The number of hydrogen-bond acceptors (Lipinski definition) is 4. The van der Waals surface area contributed by atoms with Crippen LogP contribution in [0.2, 0.25) is 0 Å². The molecule has 5 heteroatoms. The summed E-state index contributed by atoms with van der Waals surface area (Å²) in [4.78, 5) is 0. The van der Waals surface area contributed by atoms with Crippen LogP contribution >= 0.6 is 0 Å². The van der Waals surface area contributed by atoms with Crippen molar-refractivity contribution in [3.63, 3.8) is 0 Å². The molecule has 2 unspecified atom stereocenters. The number of hydrogen-bond donors (Lipinski definition) is 1. The van der Waals surface area contributed by atoms with Crippen molar-refractivity contribution in [2.75, 3.05) is 38.3 Å². The Balaban J connectivity index is 2.43. The van der Waals surface area contributed by atoms with Gasteiger partial charge in [-0.15, -0.1) is 0 Å². The van der Waals surface area contributed by atoms with E-state index in [1.807, 2.05) is 0 Å². The molecular formula is C13H27NO3S. The average molecular weight is 277 g/mol. The predicted octanol–water partition coefficient (Wildman–Crippen LogP) is 1.46. The molecular weight excluding hydrogens is 250 g/mol. The molecule has 1 heterocycles. The van der Waals surface area contributed by atoms with Crippen molar-refractivity contribution in [2.24, 2.45) is 11.8 Å². The van der Waals surface area contributed by atoms with Crippen LogP contribution in [0.5, 0.6) is 0 Å². The van der Waals surface area contributed by atoms with Gasteiger partial charge in [-0.2, -0.15) is 0 Å². The maximum absolute atomic E-state index is 11.6. The lowest BCUT2D eigenvalue weighted by Gasteiger charge is -2.23. The molecule has 1 aliphatic heterocycles. The fourth-order valence-electron chi connectivity index (χ4n) is 2.65. The van der Waals surface area contributed by atoms with Crippen molar-refractivity contribution in [1.82, 2.24) is 5.32 Å². The molecule has 0 radical (unpaired) electrons. The van der Waals surface area contributed by atoms with Gasteiger partial charge in [0, 0.05) is 13.7 Å². The van der Waals surface area contributed by atoms with Crippen molar-refractivity contribution < 1.29 is 13.2 Å². The summed E-state index contributed by atoms with van der Waals surface area (Å²) in [6.45, 7) is 4.87. The van der Waals surface area contributed by atoms with E-state index in [2.05, 4.69) is 12.2 Å². The normalized spacial score (nSPS) is 24.2. The van der Waals surface area contributed by atoms with Gasteiger partial charge >= 0.3 is 0 Å². The summed E-state index contributed by atoms with van der Waals surface area (Å²) < 4.78 is 28.2. The molecule has 2 atom stereocenters. The Morgan fingerprint density at radius 2 is 2.22 bits per heavy atom. The summed E-state index contributed by atoms with van der Waals surface area (Å²) in [7, 11) is -1.05. The van der Waals surface area contributed by atoms with Crippen LogP contribution < -0.4 is 5.32 Å². The summed E-state index contributed by atoms with van der Waals surface area (Å²) in [6.07, 6.45) is 4.04. The van der Waals surface area contributed by atoms with Crippen LogP contribution in [-0.2, 0) is 14.6 Å². The third-order valence-electron chi connectivity index (χ3n) is 3.69. The Bertz CT molecular complexity index is 306. The molecule has 0 aliphatic carbocycles. The van der Waals surface area contributed by atoms with Gasteiger partial charge in [-0.05, 0) is 50.6 Å². The first-order valence-corrected chi connectivity index (χ1v) is 8.81. The van der Waals surface area contributed by atoms with E-state index in [1.54, 1.807) is 7.11 Å². The van der Waals surface area contributed by atoms with Crippen LogP contribution in [0.15, 0.2) is 0 Å². The van der Waals surface area contributed by atoms with E-state index in [4.69, 9.17) is 4.74 Å². The minimum absolute atomic E-state index is 0.344. The van der Waals surface area contributed by atoms with Crippen molar-refractivity contribution in [1.29, 1.82) is 0 Å². The van der Waals surface area contributed by atoms with E-state index in [0.29, 0.717) is 23.3 Å². The molecule has 1 saturated heterocycles. The topological polar surface area (TPSA) is 55.4 Å². The lowest BCUT2D eigenvalue weighted by Crippen LogP contribution is -2.29. The molecule has 1 fully saturated rings. The maximum Gasteiger partial charge on any atom is 0.150 e. The first-order valence-electron chi connectivity index (χ1n) is 6.99. The van der Waals surface area contributed by atoms with Crippen molar-refractivity contribution >= 4 is 9.84 Å². The van der Waals surface area contributed by atoms with Crippen LogP contribution in [0.25, 0.3) is 0 Å². The Kier molecular flexibility index (Phi) is 7.19. The van der Waals surface area contributed by atoms with Gasteiger partial charge in [-0.3, -0.25) is 0 Å². The van der Waals surface area contributed by atoms with E-state index in [1.165, 1.54) is 0 Å². The van der Waals surface area contributed by atoms with Gasteiger partial charge < -0.3 is 10.1 Å². The second-order valence-corrected chi connectivity index (χ2v) is 7.49. The van der Waals surface area contributed by atoms with Gasteiger partial charge in [0.05, 0.1) is 11.5 Å². The molecule has 0 saturated carbocycles. The number of sulfone groups is 1. The molecule has 0 amide bonds. The second-order valence-electron chi connectivity index (χ2n) is 5.26. The zero-order chi connectivity index (χ0) is 13.4. The van der Waals surface area contributed by atoms with Gasteiger partial charge in [-0.25, -0.2) is 8.42 Å². The Morgan fingerprint density at radius 1 is 1.44 bits per heavy atom. The molecule has 1 aliphatic rings. The summed E-state index contributed by atoms with van der Waals surface area (Å²) in [6, 6.07) is 0. The Morgan fingerprint density at radius 3 is 2.78 bits per heavy atom.